The van der Waals surface area contributed by atoms with Gasteiger partial charge in [-0.1, -0.05) is 0 Å². The van der Waals surface area contributed by atoms with Crippen molar-refractivity contribution in [2.75, 3.05) is 11.9 Å². The molecule has 0 saturated carbocycles. The van der Waals surface area contributed by atoms with Crippen molar-refractivity contribution in [3.8, 4) is 0 Å². The van der Waals surface area contributed by atoms with Crippen LogP contribution in [0, 0.1) is 0 Å². The van der Waals surface area contributed by atoms with Crippen molar-refractivity contribution in [3.63, 3.8) is 0 Å². The number of anilines is 1. The first-order chi connectivity index (χ1) is 11.4. The van der Waals surface area contributed by atoms with Gasteiger partial charge in [0.15, 0.2) is 5.76 Å². The topological polar surface area (TPSA) is 82.8 Å². The smallest absolute Gasteiger partial charge is 0.291 e. The minimum atomic E-state index is -0.594. The van der Waals surface area contributed by atoms with E-state index < -0.39 is 6.10 Å². The average Bonchev–Trinajstić information content (AvgIpc) is 3.07. The maximum Gasteiger partial charge on any atom is 0.291 e. The highest BCUT2D eigenvalue weighted by Crippen LogP contribution is 2.15. The van der Waals surface area contributed by atoms with Gasteiger partial charge in [0, 0.05) is 23.8 Å². The second-order valence-corrected chi connectivity index (χ2v) is 5.91. The number of rotatable bonds is 6. The summed E-state index contributed by atoms with van der Waals surface area (Å²) in [5.74, 6) is -0.287. The van der Waals surface area contributed by atoms with Crippen molar-refractivity contribution >= 4 is 17.5 Å². The summed E-state index contributed by atoms with van der Waals surface area (Å²) >= 11 is 0. The fourth-order valence-electron chi connectivity index (χ4n) is 2.28. The third-order valence-corrected chi connectivity index (χ3v) is 3.48. The molecule has 2 N–H and O–H groups in total. The number of amides is 2. The van der Waals surface area contributed by atoms with Crippen molar-refractivity contribution in [1.29, 1.82) is 0 Å². The fraction of sp³-hybridized carbons (Fsp3) is 0.333. The van der Waals surface area contributed by atoms with E-state index in [1.807, 2.05) is 13.8 Å². The SMILES string of the molecule is CC(O)CN(C(=O)c1ccc(NC(=O)c2ccco2)cc1)C(C)C. The maximum atomic E-state index is 12.6. The molecule has 2 rings (SSSR count). The van der Waals surface area contributed by atoms with Crippen molar-refractivity contribution in [3.05, 3.63) is 54.0 Å². The Morgan fingerprint density at radius 2 is 1.83 bits per heavy atom. The van der Waals surface area contributed by atoms with E-state index in [-0.39, 0.29) is 30.2 Å². The van der Waals surface area contributed by atoms with Crippen LogP contribution < -0.4 is 5.32 Å². The van der Waals surface area contributed by atoms with Gasteiger partial charge < -0.3 is 19.7 Å². The molecule has 0 aliphatic carbocycles. The van der Waals surface area contributed by atoms with Gasteiger partial charge in [-0.15, -0.1) is 0 Å². The number of aliphatic hydroxyl groups excluding tert-OH is 1. The van der Waals surface area contributed by atoms with Crippen LogP contribution >= 0.6 is 0 Å². The summed E-state index contributed by atoms with van der Waals surface area (Å²) in [5.41, 5.74) is 1.07. The third kappa shape index (κ3) is 4.45. The third-order valence-electron chi connectivity index (χ3n) is 3.48. The molecule has 1 aromatic carbocycles. The molecule has 2 amide bonds. The first kappa shape index (κ1) is 17.7. The number of nitrogens with one attached hydrogen (secondary N) is 1. The molecule has 128 valence electrons. The van der Waals surface area contributed by atoms with E-state index in [0.29, 0.717) is 11.3 Å². The first-order valence-corrected chi connectivity index (χ1v) is 7.82. The molecule has 0 radical (unpaired) electrons. The van der Waals surface area contributed by atoms with Crippen molar-refractivity contribution < 1.29 is 19.1 Å². The monoisotopic (exact) mass is 330 g/mol. The molecule has 6 nitrogen and oxygen atoms in total. The summed E-state index contributed by atoms with van der Waals surface area (Å²) in [4.78, 5) is 26.1. The zero-order valence-electron chi connectivity index (χ0n) is 14.0. The van der Waals surface area contributed by atoms with Crippen molar-refractivity contribution in [1.82, 2.24) is 4.90 Å². The van der Waals surface area contributed by atoms with Crippen molar-refractivity contribution in [2.24, 2.45) is 0 Å². The lowest BCUT2D eigenvalue weighted by Crippen LogP contribution is -2.41. The van der Waals surface area contributed by atoms with Crippen LogP contribution in [0.4, 0.5) is 5.69 Å². The molecule has 1 unspecified atom stereocenters. The molecule has 2 aromatic rings. The van der Waals surface area contributed by atoms with Gasteiger partial charge in [-0.2, -0.15) is 0 Å². The van der Waals surface area contributed by atoms with Gasteiger partial charge in [0.25, 0.3) is 11.8 Å². The van der Waals surface area contributed by atoms with E-state index in [0.717, 1.165) is 0 Å². The Kier molecular flexibility index (Phi) is 5.76. The zero-order chi connectivity index (χ0) is 17.7. The lowest BCUT2D eigenvalue weighted by molar-refractivity contribution is 0.0579. The molecule has 0 aliphatic rings. The van der Waals surface area contributed by atoms with E-state index in [2.05, 4.69) is 5.32 Å². The Morgan fingerprint density at radius 3 is 2.33 bits per heavy atom. The first-order valence-electron chi connectivity index (χ1n) is 7.82. The van der Waals surface area contributed by atoms with Crippen molar-refractivity contribution in [2.45, 2.75) is 32.9 Å². The second kappa shape index (κ2) is 7.79. The van der Waals surface area contributed by atoms with Crippen LogP contribution in [0.15, 0.2) is 47.1 Å². The van der Waals surface area contributed by atoms with E-state index in [9.17, 15) is 14.7 Å². The Labute approximate surface area is 141 Å². The summed E-state index contributed by atoms with van der Waals surface area (Å²) in [6.07, 6.45) is 0.836. The predicted molar refractivity (Wildman–Crippen MR) is 91.0 cm³/mol. The minimum Gasteiger partial charge on any atom is -0.459 e. The van der Waals surface area contributed by atoms with Crippen LogP contribution in [0.25, 0.3) is 0 Å². The number of carbonyl (C=O) groups is 2. The Balaban J connectivity index is 2.07. The fourth-order valence-corrected chi connectivity index (χ4v) is 2.28. The van der Waals surface area contributed by atoms with Crippen LogP contribution in [0.1, 0.15) is 41.7 Å². The summed E-state index contributed by atoms with van der Waals surface area (Å²) in [6, 6.07) is 9.81. The highest BCUT2D eigenvalue weighted by molar-refractivity contribution is 6.02. The quantitative estimate of drug-likeness (QED) is 0.853. The normalized spacial score (nSPS) is 12.0. The van der Waals surface area contributed by atoms with Crippen LogP contribution in [0.3, 0.4) is 0 Å². The molecular formula is C18H22N2O4. The summed E-state index contributed by atoms with van der Waals surface area (Å²) in [5, 5.41) is 12.2. The van der Waals surface area contributed by atoms with Crippen LogP contribution in [0.2, 0.25) is 0 Å². The van der Waals surface area contributed by atoms with E-state index in [4.69, 9.17) is 4.42 Å². The van der Waals surface area contributed by atoms with E-state index >= 15 is 0 Å². The molecule has 1 aromatic heterocycles. The van der Waals surface area contributed by atoms with Crippen LogP contribution in [0.5, 0.6) is 0 Å². The highest BCUT2D eigenvalue weighted by atomic mass is 16.3. The number of aliphatic hydroxyl groups is 1. The summed E-state index contributed by atoms with van der Waals surface area (Å²) < 4.78 is 5.03. The van der Waals surface area contributed by atoms with Crippen LogP contribution in [-0.4, -0.2) is 40.5 Å². The van der Waals surface area contributed by atoms with Gasteiger partial charge in [-0.3, -0.25) is 9.59 Å². The van der Waals surface area contributed by atoms with Gasteiger partial charge in [-0.25, -0.2) is 0 Å². The Hall–Kier alpha value is -2.60. The van der Waals surface area contributed by atoms with Gasteiger partial charge in [-0.05, 0) is 57.2 Å². The molecule has 1 atom stereocenters. The minimum absolute atomic E-state index is 0.0227. The molecule has 0 saturated heterocycles. The molecule has 0 bridgehead atoms. The molecule has 0 aliphatic heterocycles. The van der Waals surface area contributed by atoms with Gasteiger partial charge in [0.05, 0.1) is 12.4 Å². The average molecular weight is 330 g/mol. The highest BCUT2D eigenvalue weighted by Gasteiger charge is 2.20. The standard InChI is InChI=1S/C18H22N2O4/c1-12(2)20(11-13(3)21)18(23)14-6-8-15(9-7-14)19-17(22)16-5-4-10-24-16/h4-10,12-13,21H,11H2,1-3H3,(H,19,22). The lowest BCUT2D eigenvalue weighted by atomic mass is 10.1. The summed E-state index contributed by atoms with van der Waals surface area (Å²) in [7, 11) is 0. The molecule has 24 heavy (non-hydrogen) atoms. The molecule has 0 fully saturated rings. The summed E-state index contributed by atoms with van der Waals surface area (Å²) in [6.45, 7) is 5.72. The Bertz CT molecular complexity index is 676. The predicted octanol–water partition coefficient (Wildman–Crippen LogP) is 2.76. The number of hydrogen-bond donors (Lipinski definition) is 2. The number of hydrogen-bond acceptors (Lipinski definition) is 4. The van der Waals surface area contributed by atoms with Crippen LogP contribution in [-0.2, 0) is 0 Å². The number of furan rings is 1. The molecule has 6 heteroatoms. The number of benzene rings is 1. The molecule has 0 spiro atoms. The largest absolute Gasteiger partial charge is 0.459 e. The Morgan fingerprint density at radius 1 is 1.17 bits per heavy atom. The lowest BCUT2D eigenvalue weighted by Gasteiger charge is -2.28. The number of carbonyl (C=O) groups excluding carboxylic acids is 2. The molecule has 1 heterocycles. The zero-order valence-corrected chi connectivity index (χ0v) is 14.0. The van der Waals surface area contributed by atoms with E-state index in [1.165, 1.54) is 6.26 Å². The maximum absolute atomic E-state index is 12.6. The van der Waals surface area contributed by atoms with Gasteiger partial charge in [0.2, 0.25) is 0 Å². The second-order valence-electron chi connectivity index (χ2n) is 5.91. The molecular weight excluding hydrogens is 308 g/mol. The van der Waals surface area contributed by atoms with E-state index in [1.54, 1.807) is 48.2 Å². The van der Waals surface area contributed by atoms with Gasteiger partial charge >= 0.3 is 0 Å². The van der Waals surface area contributed by atoms with Gasteiger partial charge in [0.1, 0.15) is 0 Å². The number of nitrogens with zero attached hydrogens (tertiary/aromatic N) is 1.